The third kappa shape index (κ3) is 5.85. The number of nitrogens with one attached hydrogen (secondary N) is 1. The lowest BCUT2D eigenvalue weighted by molar-refractivity contribution is 0.0182. The molecule has 1 heterocycles. The van der Waals surface area contributed by atoms with E-state index in [1.165, 1.54) is 32.1 Å². The molecule has 1 aliphatic carbocycles. The SMILES string of the molecule is CCC(CC1CC1)NC1CCCN(C(=O)OC(C)(C)C)C1. The van der Waals surface area contributed by atoms with Gasteiger partial charge in [-0.25, -0.2) is 4.79 Å². The molecule has 0 aromatic carbocycles. The molecule has 0 spiro atoms. The highest BCUT2D eigenvalue weighted by Crippen LogP contribution is 2.34. The number of hydrogen-bond donors (Lipinski definition) is 1. The Morgan fingerprint density at radius 2 is 2.05 bits per heavy atom. The molecule has 2 rings (SSSR count). The Labute approximate surface area is 129 Å². The van der Waals surface area contributed by atoms with Crippen LogP contribution in [-0.2, 0) is 4.74 Å². The van der Waals surface area contributed by atoms with Crippen LogP contribution < -0.4 is 5.32 Å². The molecule has 21 heavy (non-hydrogen) atoms. The zero-order valence-electron chi connectivity index (χ0n) is 14.2. The van der Waals surface area contributed by atoms with Gasteiger partial charge in [0.05, 0.1) is 0 Å². The Morgan fingerprint density at radius 3 is 2.62 bits per heavy atom. The van der Waals surface area contributed by atoms with E-state index in [0.29, 0.717) is 12.1 Å². The van der Waals surface area contributed by atoms with Crippen LogP contribution in [0.2, 0.25) is 0 Å². The molecular weight excluding hydrogens is 264 g/mol. The molecule has 2 unspecified atom stereocenters. The smallest absolute Gasteiger partial charge is 0.410 e. The van der Waals surface area contributed by atoms with E-state index in [4.69, 9.17) is 4.74 Å². The van der Waals surface area contributed by atoms with Crippen LogP contribution >= 0.6 is 0 Å². The summed E-state index contributed by atoms with van der Waals surface area (Å²) in [7, 11) is 0. The van der Waals surface area contributed by atoms with E-state index in [-0.39, 0.29) is 6.09 Å². The molecule has 1 aliphatic heterocycles. The lowest BCUT2D eigenvalue weighted by Crippen LogP contribution is -2.51. The Bertz CT molecular complexity index is 347. The minimum absolute atomic E-state index is 0.163. The van der Waals surface area contributed by atoms with Gasteiger partial charge in [-0.15, -0.1) is 0 Å². The first-order valence-electron chi connectivity index (χ1n) is 8.61. The Balaban J connectivity index is 1.80. The maximum Gasteiger partial charge on any atom is 0.410 e. The highest BCUT2D eigenvalue weighted by molar-refractivity contribution is 5.68. The van der Waals surface area contributed by atoms with Gasteiger partial charge in [0.2, 0.25) is 0 Å². The number of likely N-dealkylation sites (tertiary alicyclic amines) is 1. The number of carbonyl (C=O) groups excluding carboxylic acids is 1. The monoisotopic (exact) mass is 296 g/mol. The Kier molecular flexibility index (Phi) is 5.53. The molecule has 122 valence electrons. The maximum atomic E-state index is 12.2. The van der Waals surface area contributed by atoms with Crippen molar-refractivity contribution in [2.75, 3.05) is 13.1 Å². The lowest BCUT2D eigenvalue weighted by Gasteiger charge is -2.36. The molecule has 2 atom stereocenters. The number of hydrogen-bond acceptors (Lipinski definition) is 3. The van der Waals surface area contributed by atoms with Crippen LogP contribution in [0.1, 0.15) is 66.2 Å². The van der Waals surface area contributed by atoms with Crippen LogP contribution in [-0.4, -0.2) is 41.8 Å². The molecular formula is C17H32N2O2. The zero-order valence-corrected chi connectivity index (χ0v) is 14.2. The van der Waals surface area contributed by atoms with Crippen molar-refractivity contribution in [1.82, 2.24) is 10.2 Å². The van der Waals surface area contributed by atoms with Gasteiger partial charge in [0.25, 0.3) is 0 Å². The highest BCUT2D eigenvalue weighted by atomic mass is 16.6. The first-order chi connectivity index (χ1) is 9.87. The van der Waals surface area contributed by atoms with E-state index >= 15 is 0 Å². The van der Waals surface area contributed by atoms with E-state index in [2.05, 4.69) is 12.2 Å². The fourth-order valence-electron chi connectivity index (χ4n) is 3.05. The van der Waals surface area contributed by atoms with Crippen molar-refractivity contribution < 1.29 is 9.53 Å². The van der Waals surface area contributed by atoms with E-state index in [1.807, 2.05) is 25.7 Å². The highest BCUT2D eigenvalue weighted by Gasteiger charge is 2.30. The van der Waals surface area contributed by atoms with Gasteiger partial charge in [0.15, 0.2) is 0 Å². The van der Waals surface area contributed by atoms with Crippen LogP contribution in [0.5, 0.6) is 0 Å². The first kappa shape index (κ1) is 16.6. The van der Waals surface area contributed by atoms with E-state index in [9.17, 15) is 4.79 Å². The quantitative estimate of drug-likeness (QED) is 0.843. The van der Waals surface area contributed by atoms with Gasteiger partial charge in [-0.1, -0.05) is 19.8 Å². The second kappa shape index (κ2) is 6.99. The van der Waals surface area contributed by atoms with Crippen LogP contribution in [0, 0.1) is 5.92 Å². The fraction of sp³-hybridized carbons (Fsp3) is 0.941. The van der Waals surface area contributed by atoms with Gasteiger partial charge in [-0.05, 0) is 52.4 Å². The maximum absolute atomic E-state index is 12.2. The topological polar surface area (TPSA) is 41.6 Å². The van der Waals surface area contributed by atoms with Crippen molar-refractivity contribution in [2.24, 2.45) is 5.92 Å². The van der Waals surface area contributed by atoms with Gasteiger partial charge >= 0.3 is 6.09 Å². The van der Waals surface area contributed by atoms with Gasteiger partial charge in [0.1, 0.15) is 5.60 Å². The molecule has 4 heteroatoms. The second-order valence-corrected chi connectivity index (χ2v) is 7.72. The molecule has 1 amide bonds. The summed E-state index contributed by atoms with van der Waals surface area (Å²) in [6.45, 7) is 9.64. The van der Waals surface area contributed by atoms with E-state index < -0.39 is 5.60 Å². The lowest BCUT2D eigenvalue weighted by atomic mass is 10.0. The van der Waals surface area contributed by atoms with Gasteiger partial charge in [-0.3, -0.25) is 0 Å². The van der Waals surface area contributed by atoms with Crippen molar-refractivity contribution in [3.05, 3.63) is 0 Å². The van der Waals surface area contributed by atoms with Crippen LogP contribution in [0.3, 0.4) is 0 Å². The zero-order chi connectivity index (χ0) is 15.5. The summed E-state index contributed by atoms with van der Waals surface area (Å²) in [4.78, 5) is 14.0. The number of ether oxygens (including phenoxy) is 1. The first-order valence-corrected chi connectivity index (χ1v) is 8.61. The van der Waals surface area contributed by atoms with Gasteiger partial charge in [0, 0.05) is 25.2 Å². The minimum atomic E-state index is -0.407. The molecule has 0 bridgehead atoms. The average Bonchev–Trinajstić information content (AvgIpc) is 3.20. The number of rotatable bonds is 5. The van der Waals surface area contributed by atoms with Crippen LogP contribution in [0.4, 0.5) is 4.79 Å². The molecule has 4 nitrogen and oxygen atoms in total. The molecule has 1 N–H and O–H groups in total. The van der Waals surface area contributed by atoms with Crippen molar-refractivity contribution in [2.45, 2.75) is 83.9 Å². The van der Waals surface area contributed by atoms with Gasteiger partial charge in [-0.2, -0.15) is 0 Å². The van der Waals surface area contributed by atoms with Gasteiger partial charge < -0.3 is 15.0 Å². The molecule has 2 aliphatic rings. The summed E-state index contributed by atoms with van der Waals surface area (Å²) in [5.74, 6) is 0.952. The summed E-state index contributed by atoms with van der Waals surface area (Å²) in [5.41, 5.74) is -0.407. The minimum Gasteiger partial charge on any atom is -0.444 e. The molecule has 0 aromatic heterocycles. The molecule has 1 saturated heterocycles. The summed E-state index contributed by atoms with van der Waals surface area (Å²) in [5, 5.41) is 3.78. The largest absolute Gasteiger partial charge is 0.444 e. The molecule has 0 radical (unpaired) electrons. The van der Waals surface area contributed by atoms with Crippen molar-refractivity contribution in [3.63, 3.8) is 0 Å². The predicted octanol–water partition coefficient (Wildman–Crippen LogP) is 3.55. The fourth-order valence-corrected chi connectivity index (χ4v) is 3.05. The van der Waals surface area contributed by atoms with E-state index in [1.54, 1.807) is 0 Å². The van der Waals surface area contributed by atoms with Crippen molar-refractivity contribution in [1.29, 1.82) is 0 Å². The number of piperidine rings is 1. The summed E-state index contributed by atoms with van der Waals surface area (Å²) >= 11 is 0. The summed E-state index contributed by atoms with van der Waals surface area (Å²) < 4.78 is 5.49. The molecule has 2 fully saturated rings. The third-order valence-electron chi connectivity index (χ3n) is 4.35. The van der Waals surface area contributed by atoms with Crippen LogP contribution in [0.15, 0.2) is 0 Å². The Morgan fingerprint density at radius 1 is 1.33 bits per heavy atom. The molecule has 1 saturated carbocycles. The van der Waals surface area contributed by atoms with Crippen molar-refractivity contribution >= 4 is 6.09 Å². The van der Waals surface area contributed by atoms with Crippen molar-refractivity contribution in [3.8, 4) is 0 Å². The second-order valence-electron chi connectivity index (χ2n) is 7.72. The Hall–Kier alpha value is -0.770. The summed E-state index contributed by atoms with van der Waals surface area (Å²) in [6.07, 6.45) is 7.37. The number of amides is 1. The average molecular weight is 296 g/mol. The van der Waals surface area contributed by atoms with Crippen LogP contribution in [0.25, 0.3) is 0 Å². The third-order valence-corrected chi connectivity index (χ3v) is 4.35. The number of nitrogens with zero attached hydrogens (tertiary/aromatic N) is 1. The van der Waals surface area contributed by atoms with E-state index in [0.717, 1.165) is 25.4 Å². The standard InChI is InChI=1S/C17H32N2O2/c1-5-14(11-13-8-9-13)18-15-7-6-10-19(12-15)16(20)21-17(2,3)4/h13-15,18H,5-12H2,1-4H3. The predicted molar refractivity (Wildman–Crippen MR) is 85.4 cm³/mol. The normalized spacial score (nSPS) is 24.8. The molecule has 0 aromatic rings. The summed E-state index contributed by atoms with van der Waals surface area (Å²) in [6, 6.07) is 1.04. The number of carbonyl (C=O) groups is 1.